The fourth-order valence-electron chi connectivity index (χ4n) is 2.76. The van der Waals surface area contributed by atoms with E-state index in [1.165, 1.54) is 7.11 Å². The van der Waals surface area contributed by atoms with E-state index < -0.39 is 36.0 Å². The second kappa shape index (κ2) is 9.67. The molecule has 1 saturated heterocycles. The van der Waals surface area contributed by atoms with Gasteiger partial charge in [0, 0.05) is 13.7 Å². The van der Waals surface area contributed by atoms with Crippen LogP contribution in [-0.4, -0.2) is 59.7 Å². The third-order valence-electron chi connectivity index (χ3n) is 4.16. The number of carbonyl (C=O) groups is 4. The zero-order valence-corrected chi connectivity index (χ0v) is 14.9. The Morgan fingerprint density at radius 3 is 2.59 bits per heavy atom. The number of methoxy groups -OCH3 is 1. The minimum absolute atomic E-state index is 0.0161. The lowest BCUT2D eigenvalue weighted by atomic mass is 10.1. The van der Waals surface area contributed by atoms with Crippen molar-refractivity contribution in [3.05, 3.63) is 35.9 Å². The van der Waals surface area contributed by atoms with Crippen molar-refractivity contribution in [2.45, 2.75) is 38.0 Å². The Kier molecular flexibility index (Phi) is 7.30. The van der Waals surface area contributed by atoms with Gasteiger partial charge < -0.3 is 19.9 Å². The van der Waals surface area contributed by atoms with Crippen molar-refractivity contribution in [3.63, 3.8) is 0 Å². The molecule has 0 spiro atoms. The highest BCUT2D eigenvalue weighted by atomic mass is 16.5. The van der Waals surface area contributed by atoms with Gasteiger partial charge in [0.2, 0.25) is 5.91 Å². The fraction of sp³-hybridized carbons (Fsp3) is 0.444. The molecule has 0 aliphatic carbocycles. The van der Waals surface area contributed by atoms with Crippen molar-refractivity contribution >= 4 is 23.9 Å². The number of carbonyl (C=O) groups excluding carboxylic acids is 3. The van der Waals surface area contributed by atoms with Gasteiger partial charge in [0.15, 0.2) is 0 Å². The summed E-state index contributed by atoms with van der Waals surface area (Å²) >= 11 is 0. The van der Waals surface area contributed by atoms with Gasteiger partial charge in [-0.3, -0.25) is 14.5 Å². The number of carboxylic acid groups (broad SMARTS) is 1. The molecule has 1 aliphatic rings. The Morgan fingerprint density at radius 1 is 1.30 bits per heavy atom. The van der Waals surface area contributed by atoms with Crippen molar-refractivity contribution in [2.75, 3.05) is 13.7 Å². The average molecular weight is 378 g/mol. The summed E-state index contributed by atoms with van der Waals surface area (Å²) in [7, 11) is 1.29. The molecule has 1 heterocycles. The third kappa shape index (κ3) is 5.52. The van der Waals surface area contributed by atoms with Gasteiger partial charge in [-0.25, -0.2) is 9.59 Å². The van der Waals surface area contributed by atoms with Gasteiger partial charge in [-0.15, -0.1) is 0 Å². The number of alkyl carbamates (subject to hydrolysis) is 1. The van der Waals surface area contributed by atoms with Gasteiger partial charge in [0.25, 0.3) is 5.91 Å². The summed E-state index contributed by atoms with van der Waals surface area (Å²) < 4.78 is 9.94. The molecule has 2 N–H and O–H groups in total. The summed E-state index contributed by atoms with van der Waals surface area (Å²) in [5, 5.41) is 11.9. The van der Waals surface area contributed by atoms with Crippen molar-refractivity contribution in [2.24, 2.45) is 0 Å². The lowest BCUT2D eigenvalue weighted by Gasteiger charge is -2.22. The van der Waals surface area contributed by atoms with E-state index in [9.17, 15) is 24.3 Å². The molecule has 3 amide bonds. The fourth-order valence-corrected chi connectivity index (χ4v) is 2.76. The highest BCUT2D eigenvalue weighted by Gasteiger charge is 2.44. The Bertz CT molecular complexity index is 692. The predicted octanol–water partition coefficient (Wildman–Crippen LogP) is 0.920. The first kappa shape index (κ1) is 20.4. The Morgan fingerprint density at radius 2 is 2.00 bits per heavy atom. The van der Waals surface area contributed by atoms with E-state index in [2.05, 4.69) is 5.32 Å². The minimum atomic E-state index is -1.28. The summed E-state index contributed by atoms with van der Waals surface area (Å²) in [5.41, 5.74) is 0.845. The SMILES string of the molecule is COC1CC(=O)N([C@@H](CCCNC(=O)OCc2ccccc2)C(=O)O)C1=O. The smallest absolute Gasteiger partial charge is 0.407 e. The summed E-state index contributed by atoms with van der Waals surface area (Å²) in [6, 6.07) is 7.87. The Labute approximate surface area is 156 Å². The first-order valence-electron chi connectivity index (χ1n) is 8.50. The second-order valence-corrected chi connectivity index (χ2v) is 6.02. The number of ether oxygens (including phenoxy) is 2. The van der Waals surface area contributed by atoms with Crippen LogP contribution in [-0.2, 0) is 30.5 Å². The van der Waals surface area contributed by atoms with E-state index in [0.717, 1.165) is 10.5 Å². The number of benzene rings is 1. The number of amides is 3. The maximum absolute atomic E-state index is 12.1. The molecule has 0 saturated carbocycles. The van der Waals surface area contributed by atoms with E-state index in [-0.39, 0.29) is 32.4 Å². The molecule has 27 heavy (non-hydrogen) atoms. The number of carboxylic acids is 1. The van der Waals surface area contributed by atoms with Gasteiger partial charge in [-0.05, 0) is 18.4 Å². The van der Waals surface area contributed by atoms with Crippen LogP contribution in [0.15, 0.2) is 30.3 Å². The van der Waals surface area contributed by atoms with E-state index in [4.69, 9.17) is 9.47 Å². The topological polar surface area (TPSA) is 122 Å². The van der Waals surface area contributed by atoms with Gasteiger partial charge >= 0.3 is 12.1 Å². The van der Waals surface area contributed by atoms with Crippen LogP contribution in [0, 0.1) is 0 Å². The molecule has 2 atom stereocenters. The summed E-state index contributed by atoms with van der Waals surface area (Å²) in [5.74, 6) is -2.50. The molecule has 1 unspecified atom stereocenters. The molecule has 0 aromatic heterocycles. The number of rotatable bonds is 9. The number of nitrogens with one attached hydrogen (secondary N) is 1. The van der Waals surface area contributed by atoms with Gasteiger partial charge in [0.05, 0.1) is 6.42 Å². The molecule has 1 aromatic carbocycles. The highest BCUT2D eigenvalue weighted by Crippen LogP contribution is 2.21. The Balaban J connectivity index is 1.76. The predicted molar refractivity (Wildman–Crippen MR) is 92.6 cm³/mol. The van der Waals surface area contributed by atoms with Crippen LogP contribution in [0.1, 0.15) is 24.8 Å². The standard InChI is InChI=1S/C18H22N2O7/c1-26-14-10-15(21)20(16(14)22)13(17(23)24)8-5-9-19-18(25)27-11-12-6-3-2-4-7-12/h2-4,6-7,13-14H,5,8-11H2,1H3,(H,19,25)(H,23,24)/t13-,14?/m0/s1. The number of likely N-dealkylation sites (tertiary alicyclic amines) is 1. The zero-order valence-electron chi connectivity index (χ0n) is 14.9. The molecular formula is C18H22N2O7. The first-order valence-corrected chi connectivity index (χ1v) is 8.50. The lowest BCUT2D eigenvalue weighted by Crippen LogP contribution is -2.46. The molecule has 9 nitrogen and oxygen atoms in total. The largest absolute Gasteiger partial charge is 0.480 e. The number of hydrogen-bond acceptors (Lipinski definition) is 6. The quantitative estimate of drug-likeness (QED) is 0.484. The summed E-state index contributed by atoms with van der Waals surface area (Å²) in [6.45, 7) is 0.279. The van der Waals surface area contributed by atoms with Crippen LogP contribution in [0.5, 0.6) is 0 Å². The Hall–Kier alpha value is -2.94. The van der Waals surface area contributed by atoms with E-state index in [1.807, 2.05) is 30.3 Å². The number of imide groups is 1. The van der Waals surface area contributed by atoms with Gasteiger partial charge in [-0.1, -0.05) is 30.3 Å². The molecule has 1 aliphatic heterocycles. The summed E-state index contributed by atoms with van der Waals surface area (Å²) in [6.07, 6.45) is -1.46. The average Bonchev–Trinajstić information content (AvgIpc) is 2.94. The van der Waals surface area contributed by atoms with Crippen LogP contribution in [0.2, 0.25) is 0 Å². The normalized spacial score (nSPS) is 17.7. The summed E-state index contributed by atoms with van der Waals surface area (Å²) in [4.78, 5) is 47.9. The third-order valence-corrected chi connectivity index (χ3v) is 4.16. The van der Waals surface area contributed by atoms with Crippen LogP contribution >= 0.6 is 0 Å². The zero-order chi connectivity index (χ0) is 19.8. The van der Waals surface area contributed by atoms with Crippen LogP contribution < -0.4 is 5.32 Å². The van der Waals surface area contributed by atoms with E-state index >= 15 is 0 Å². The van der Waals surface area contributed by atoms with Gasteiger partial charge in [0.1, 0.15) is 18.8 Å². The molecule has 0 radical (unpaired) electrons. The number of hydrogen-bond donors (Lipinski definition) is 2. The monoisotopic (exact) mass is 378 g/mol. The van der Waals surface area contributed by atoms with Crippen molar-refractivity contribution in [3.8, 4) is 0 Å². The van der Waals surface area contributed by atoms with Crippen LogP contribution in [0.3, 0.4) is 0 Å². The lowest BCUT2D eigenvalue weighted by molar-refractivity contribution is -0.156. The van der Waals surface area contributed by atoms with Crippen molar-refractivity contribution in [1.82, 2.24) is 10.2 Å². The van der Waals surface area contributed by atoms with E-state index in [0.29, 0.717) is 0 Å². The van der Waals surface area contributed by atoms with Crippen molar-refractivity contribution in [1.29, 1.82) is 0 Å². The maximum atomic E-state index is 12.1. The molecule has 9 heteroatoms. The maximum Gasteiger partial charge on any atom is 0.407 e. The van der Waals surface area contributed by atoms with Gasteiger partial charge in [-0.2, -0.15) is 0 Å². The van der Waals surface area contributed by atoms with Crippen LogP contribution in [0.25, 0.3) is 0 Å². The molecule has 1 aromatic rings. The van der Waals surface area contributed by atoms with Crippen LogP contribution in [0.4, 0.5) is 4.79 Å². The minimum Gasteiger partial charge on any atom is -0.480 e. The molecule has 146 valence electrons. The van der Waals surface area contributed by atoms with Crippen molar-refractivity contribution < 1.29 is 33.8 Å². The molecule has 2 rings (SSSR count). The number of aliphatic carboxylic acids is 1. The second-order valence-electron chi connectivity index (χ2n) is 6.02. The highest BCUT2D eigenvalue weighted by molar-refractivity contribution is 6.07. The molecule has 1 fully saturated rings. The van der Waals surface area contributed by atoms with E-state index in [1.54, 1.807) is 0 Å². The molecular weight excluding hydrogens is 356 g/mol. The number of nitrogens with zero attached hydrogens (tertiary/aromatic N) is 1. The first-order chi connectivity index (χ1) is 12.9. The molecule has 0 bridgehead atoms.